The van der Waals surface area contributed by atoms with Crippen LogP contribution in [0, 0.1) is 0 Å². The molecule has 0 spiro atoms. The Morgan fingerprint density at radius 3 is 2.45 bits per heavy atom. The number of aliphatic carboxylic acids is 1. The van der Waals surface area contributed by atoms with Crippen molar-refractivity contribution in [1.29, 1.82) is 0 Å². The Bertz CT molecular complexity index is 1070. The number of fused-ring (bicyclic) bond motifs is 1. The van der Waals surface area contributed by atoms with E-state index >= 15 is 0 Å². The maximum atomic E-state index is 13.1. The number of nitrogens with zero attached hydrogens (tertiary/aromatic N) is 2. The molecule has 0 radical (unpaired) electrons. The van der Waals surface area contributed by atoms with Crippen LogP contribution < -0.4 is 0 Å². The zero-order valence-electron chi connectivity index (χ0n) is 17.9. The average molecular weight is 432 g/mol. The molecule has 31 heavy (non-hydrogen) atoms. The van der Waals surface area contributed by atoms with Gasteiger partial charge in [-0.1, -0.05) is 50.2 Å². The molecule has 1 N–H and O–H groups in total. The highest BCUT2D eigenvalue weighted by Crippen LogP contribution is 2.33. The Morgan fingerprint density at radius 1 is 1.13 bits per heavy atom. The summed E-state index contributed by atoms with van der Waals surface area (Å²) in [7, 11) is 0. The second kappa shape index (κ2) is 9.14. The third kappa shape index (κ3) is 4.77. The van der Waals surface area contributed by atoms with Crippen molar-refractivity contribution in [2.75, 3.05) is 6.54 Å². The lowest BCUT2D eigenvalue weighted by Gasteiger charge is -2.31. The molecule has 0 aliphatic carbocycles. The Hall–Kier alpha value is -2.80. The highest BCUT2D eigenvalue weighted by atomic mass is 19.4. The Balaban J connectivity index is 2.03. The van der Waals surface area contributed by atoms with E-state index in [0.29, 0.717) is 25.1 Å². The summed E-state index contributed by atoms with van der Waals surface area (Å²) in [4.78, 5) is 13.6. The summed E-state index contributed by atoms with van der Waals surface area (Å²) in [6.45, 7) is 6.95. The molecule has 0 amide bonds. The number of rotatable bonds is 8. The first kappa shape index (κ1) is 22.9. The normalized spacial score (nSPS) is 13.1. The van der Waals surface area contributed by atoms with Gasteiger partial charge in [-0.05, 0) is 43.1 Å². The lowest BCUT2D eigenvalue weighted by Crippen LogP contribution is -2.31. The SMILES string of the molecule is CCc1c(CC(=O)O)c2ccccc2n1C(C)N(CC)Cc1cccc(C(F)(F)F)c1. The minimum Gasteiger partial charge on any atom is -0.481 e. The Kier molecular flexibility index (Phi) is 6.74. The summed E-state index contributed by atoms with van der Waals surface area (Å²) >= 11 is 0. The zero-order valence-corrected chi connectivity index (χ0v) is 17.9. The molecule has 1 heterocycles. The molecule has 0 aliphatic rings. The van der Waals surface area contributed by atoms with Crippen LogP contribution in [0.25, 0.3) is 10.9 Å². The lowest BCUT2D eigenvalue weighted by molar-refractivity contribution is -0.138. The van der Waals surface area contributed by atoms with Gasteiger partial charge in [-0.3, -0.25) is 9.69 Å². The smallest absolute Gasteiger partial charge is 0.416 e. The van der Waals surface area contributed by atoms with Gasteiger partial charge in [0.25, 0.3) is 0 Å². The van der Waals surface area contributed by atoms with Gasteiger partial charge in [0.15, 0.2) is 0 Å². The number of hydrogen-bond donors (Lipinski definition) is 1. The van der Waals surface area contributed by atoms with Crippen LogP contribution in [0.3, 0.4) is 0 Å². The number of carbonyl (C=O) groups is 1. The van der Waals surface area contributed by atoms with Crippen LogP contribution in [0.5, 0.6) is 0 Å². The van der Waals surface area contributed by atoms with E-state index in [1.807, 2.05) is 45.0 Å². The van der Waals surface area contributed by atoms with Gasteiger partial charge in [-0.25, -0.2) is 0 Å². The van der Waals surface area contributed by atoms with E-state index in [4.69, 9.17) is 0 Å². The van der Waals surface area contributed by atoms with E-state index in [2.05, 4.69) is 9.47 Å². The Morgan fingerprint density at radius 2 is 1.84 bits per heavy atom. The summed E-state index contributed by atoms with van der Waals surface area (Å²) in [5.41, 5.74) is 2.61. The summed E-state index contributed by atoms with van der Waals surface area (Å²) in [6.07, 6.45) is -3.95. The lowest BCUT2D eigenvalue weighted by atomic mass is 10.1. The standard InChI is InChI=1S/C24H27F3N2O2/c1-4-21-20(14-23(30)31)19-11-6-7-12-22(19)29(21)16(3)28(5-2)15-17-9-8-10-18(13-17)24(25,26)27/h6-13,16H,4-5,14-15H2,1-3H3,(H,30,31). The summed E-state index contributed by atoms with van der Waals surface area (Å²) in [5, 5.41) is 10.3. The molecule has 1 atom stereocenters. The molecule has 1 aromatic heterocycles. The summed E-state index contributed by atoms with van der Waals surface area (Å²) < 4.78 is 41.5. The van der Waals surface area contributed by atoms with Gasteiger partial charge in [-0.2, -0.15) is 13.2 Å². The second-order valence-electron chi connectivity index (χ2n) is 7.63. The summed E-state index contributed by atoms with van der Waals surface area (Å²) in [6, 6.07) is 13.1. The fourth-order valence-electron chi connectivity index (χ4n) is 4.30. The van der Waals surface area contributed by atoms with Gasteiger partial charge in [-0.15, -0.1) is 0 Å². The molecule has 0 saturated carbocycles. The topological polar surface area (TPSA) is 45.5 Å². The molecule has 3 rings (SSSR count). The number of hydrogen-bond acceptors (Lipinski definition) is 2. The second-order valence-corrected chi connectivity index (χ2v) is 7.63. The molecule has 0 saturated heterocycles. The highest BCUT2D eigenvalue weighted by Gasteiger charge is 2.31. The van der Waals surface area contributed by atoms with Crippen LogP contribution in [0.1, 0.15) is 49.3 Å². The fourth-order valence-corrected chi connectivity index (χ4v) is 4.30. The van der Waals surface area contributed by atoms with Crippen molar-refractivity contribution < 1.29 is 23.1 Å². The third-order valence-electron chi connectivity index (χ3n) is 5.74. The van der Waals surface area contributed by atoms with Crippen LogP contribution in [-0.4, -0.2) is 27.1 Å². The van der Waals surface area contributed by atoms with Crippen molar-refractivity contribution in [3.63, 3.8) is 0 Å². The summed E-state index contributed by atoms with van der Waals surface area (Å²) in [5.74, 6) is -0.887. The molecule has 1 unspecified atom stereocenters. The fraction of sp³-hybridized carbons (Fsp3) is 0.375. The minimum absolute atomic E-state index is 0.0663. The minimum atomic E-state index is -4.38. The van der Waals surface area contributed by atoms with Crippen molar-refractivity contribution >= 4 is 16.9 Å². The molecule has 2 aromatic carbocycles. The highest BCUT2D eigenvalue weighted by molar-refractivity contribution is 5.89. The van der Waals surface area contributed by atoms with Crippen LogP contribution in [0.2, 0.25) is 0 Å². The quantitative estimate of drug-likeness (QED) is 0.483. The van der Waals surface area contributed by atoms with Gasteiger partial charge in [0.2, 0.25) is 0 Å². The number of halogens is 3. The van der Waals surface area contributed by atoms with Gasteiger partial charge >= 0.3 is 12.1 Å². The molecule has 0 aliphatic heterocycles. The molecule has 7 heteroatoms. The number of carboxylic acids is 1. The number of benzene rings is 2. The molecular formula is C24H27F3N2O2. The Labute approximate surface area is 179 Å². The van der Waals surface area contributed by atoms with Crippen LogP contribution in [0.4, 0.5) is 13.2 Å². The number of para-hydroxylation sites is 1. The maximum absolute atomic E-state index is 13.1. The van der Waals surface area contributed by atoms with Crippen molar-refractivity contribution in [3.05, 3.63) is 70.9 Å². The molecule has 0 fully saturated rings. The zero-order chi connectivity index (χ0) is 22.8. The monoisotopic (exact) mass is 432 g/mol. The van der Waals surface area contributed by atoms with Crippen LogP contribution >= 0.6 is 0 Å². The number of aromatic nitrogens is 1. The predicted octanol–water partition coefficient (Wildman–Crippen LogP) is 5.89. The third-order valence-corrected chi connectivity index (χ3v) is 5.74. The van der Waals surface area contributed by atoms with E-state index < -0.39 is 17.7 Å². The molecule has 166 valence electrons. The first-order valence-electron chi connectivity index (χ1n) is 10.4. The van der Waals surface area contributed by atoms with E-state index in [0.717, 1.165) is 28.2 Å². The van der Waals surface area contributed by atoms with Crippen molar-refractivity contribution in [3.8, 4) is 0 Å². The van der Waals surface area contributed by atoms with Gasteiger partial charge in [0, 0.05) is 23.1 Å². The number of alkyl halides is 3. The van der Waals surface area contributed by atoms with E-state index in [1.54, 1.807) is 6.07 Å². The van der Waals surface area contributed by atoms with Crippen LogP contribution in [0.15, 0.2) is 48.5 Å². The predicted molar refractivity (Wildman–Crippen MR) is 115 cm³/mol. The van der Waals surface area contributed by atoms with Crippen molar-refractivity contribution in [2.24, 2.45) is 0 Å². The van der Waals surface area contributed by atoms with E-state index in [9.17, 15) is 23.1 Å². The first-order chi connectivity index (χ1) is 14.7. The number of carboxylic acid groups (broad SMARTS) is 1. The molecule has 4 nitrogen and oxygen atoms in total. The van der Waals surface area contributed by atoms with Crippen LogP contribution in [-0.2, 0) is 30.4 Å². The van der Waals surface area contributed by atoms with E-state index in [-0.39, 0.29) is 12.6 Å². The van der Waals surface area contributed by atoms with Crippen molar-refractivity contribution in [2.45, 2.75) is 52.5 Å². The first-order valence-corrected chi connectivity index (χ1v) is 10.4. The van der Waals surface area contributed by atoms with Gasteiger partial charge in [0.05, 0.1) is 18.2 Å². The molecule has 3 aromatic rings. The molecular weight excluding hydrogens is 405 g/mol. The maximum Gasteiger partial charge on any atom is 0.416 e. The van der Waals surface area contributed by atoms with E-state index in [1.165, 1.54) is 12.1 Å². The average Bonchev–Trinajstić information content (AvgIpc) is 3.04. The van der Waals surface area contributed by atoms with Gasteiger partial charge < -0.3 is 9.67 Å². The molecule has 0 bridgehead atoms. The van der Waals surface area contributed by atoms with Crippen molar-refractivity contribution in [1.82, 2.24) is 9.47 Å². The largest absolute Gasteiger partial charge is 0.481 e. The van der Waals surface area contributed by atoms with Gasteiger partial charge in [0.1, 0.15) is 0 Å².